The summed E-state index contributed by atoms with van der Waals surface area (Å²) >= 11 is 0. The van der Waals surface area contributed by atoms with Crippen LogP contribution < -0.4 is 0 Å². The van der Waals surface area contributed by atoms with Crippen molar-refractivity contribution >= 4 is 5.97 Å². The quantitative estimate of drug-likeness (QED) is 0.604. The fraction of sp³-hybridized carbons (Fsp3) is 0.444. The molecular formula is C18H21NO2. The van der Waals surface area contributed by atoms with Crippen LogP contribution in [0.3, 0.4) is 0 Å². The standard InChI is InChI=1S/C18H21NO2/c1-2-3-4-18(20)21-17-11-9-16(10-12-17)15-7-5-14(13-19)6-8-15/h2,5-8,16-17H,1,3-4,9-12H2/t16-,17-. The topological polar surface area (TPSA) is 50.1 Å². The number of hydrogen-bond donors (Lipinski definition) is 0. The highest BCUT2D eigenvalue weighted by Gasteiger charge is 2.24. The number of benzene rings is 1. The highest BCUT2D eigenvalue weighted by molar-refractivity contribution is 5.69. The fourth-order valence-electron chi connectivity index (χ4n) is 2.81. The minimum atomic E-state index is -0.114. The van der Waals surface area contributed by atoms with Gasteiger partial charge in [0.2, 0.25) is 0 Å². The molecule has 1 saturated carbocycles. The summed E-state index contributed by atoms with van der Waals surface area (Å²) in [6.45, 7) is 3.61. The van der Waals surface area contributed by atoms with Gasteiger partial charge in [-0.25, -0.2) is 0 Å². The molecule has 21 heavy (non-hydrogen) atoms. The Labute approximate surface area is 126 Å². The second-order valence-electron chi connectivity index (χ2n) is 5.52. The molecule has 0 aromatic heterocycles. The second kappa shape index (κ2) is 7.64. The Morgan fingerprint density at radius 3 is 2.52 bits per heavy atom. The molecule has 1 aromatic carbocycles. The van der Waals surface area contributed by atoms with Crippen LogP contribution in [0.4, 0.5) is 0 Å². The van der Waals surface area contributed by atoms with E-state index in [0.717, 1.165) is 25.7 Å². The molecular weight excluding hydrogens is 262 g/mol. The number of carbonyl (C=O) groups excluding carboxylic acids is 1. The zero-order valence-corrected chi connectivity index (χ0v) is 12.3. The van der Waals surface area contributed by atoms with Gasteiger partial charge in [0.05, 0.1) is 11.6 Å². The van der Waals surface area contributed by atoms with Crippen molar-refractivity contribution in [1.29, 1.82) is 5.26 Å². The smallest absolute Gasteiger partial charge is 0.306 e. The Balaban J connectivity index is 1.81. The Hall–Kier alpha value is -2.08. The van der Waals surface area contributed by atoms with E-state index in [4.69, 9.17) is 10.00 Å². The maximum absolute atomic E-state index is 11.6. The Morgan fingerprint density at radius 2 is 1.95 bits per heavy atom. The molecule has 2 rings (SSSR count). The number of ether oxygens (including phenoxy) is 1. The van der Waals surface area contributed by atoms with Crippen LogP contribution in [-0.4, -0.2) is 12.1 Å². The minimum absolute atomic E-state index is 0.0666. The zero-order chi connectivity index (χ0) is 15.1. The molecule has 0 radical (unpaired) electrons. The van der Waals surface area contributed by atoms with Crippen LogP contribution in [0.15, 0.2) is 36.9 Å². The number of nitriles is 1. The Morgan fingerprint density at radius 1 is 1.29 bits per heavy atom. The van der Waals surface area contributed by atoms with Gasteiger partial charge in [-0.15, -0.1) is 6.58 Å². The van der Waals surface area contributed by atoms with E-state index in [9.17, 15) is 4.79 Å². The van der Waals surface area contributed by atoms with Crippen LogP contribution in [0, 0.1) is 11.3 Å². The van der Waals surface area contributed by atoms with E-state index in [1.165, 1.54) is 5.56 Å². The molecule has 1 fully saturated rings. The van der Waals surface area contributed by atoms with Gasteiger partial charge in [0.15, 0.2) is 0 Å². The lowest BCUT2D eigenvalue weighted by molar-refractivity contribution is -0.150. The van der Waals surface area contributed by atoms with Crippen LogP contribution in [0.5, 0.6) is 0 Å². The van der Waals surface area contributed by atoms with Gasteiger partial charge in [-0.1, -0.05) is 18.2 Å². The summed E-state index contributed by atoms with van der Waals surface area (Å²) in [6, 6.07) is 9.96. The van der Waals surface area contributed by atoms with Crippen molar-refractivity contribution in [2.45, 2.75) is 50.5 Å². The van der Waals surface area contributed by atoms with Gasteiger partial charge < -0.3 is 4.74 Å². The SMILES string of the molecule is C=CCCC(=O)O[C@H]1CC[C@H](c2ccc(C#N)cc2)CC1. The number of esters is 1. The van der Waals surface area contributed by atoms with Crippen molar-refractivity contribution in [3.05, 3.63) is 48.0 Å². The van der Waals surface area contributed by atoms with Crippen LogP contribution in [0.25, 0.3) is 0 Å². The molecule has 0 heterocycles. The number of allylic oxidation sites excluding steroid dienone is 1. The van der Waals surface area contributed by atoms with Gasteiger partial charge in [0, 0.05) is 6.42 Å². The minimum Gasteiger partial charge on any atom is -0.462 e. The first kappa shape index (κ1) is 15.3. The van der Waals surface area contributed by atoms with Crippen LogP contribution in [0.2, 0.25) is 0 Å². The van der Waals surface area contributed by atoms with Crippen molar-refractivity contribution in [1.82, 2.24) is 0 Å². The van der Waals surface area contributed by atoms with Gasteiger partial charge in [-0.05, 0) is 55.7 Å². The van der Waals surface area contributed by atoms with Gasteiger partial charge in [0.1, 0.15) is 6.10 Å². The first-order valence-electron chi connectivity index (χ1n) is 7.53. The summed E-state index contributed by atoms with van der Waals surface area (Å²) in [5.41, 5.74) is 1.98. The summed E-state index contributed by atoms with van der Waals surface area (Å²) in [7, 11) is 0. The van der Waals surface area contributed by atoms with Crippen LogP contribution in [0.1, 0.15) is 55.6 Å². The summed E-state index contributed by atoms with van der Waals surface area (Å²) < 4.78 is 5.48. The maximum atomic E-state index is 11.6. The monoisotopic (exact) mass is 283 g/mol. The lowest BCUT2D eigenvalue weighted by Gasteiger charge is -2.28. The fourth-order valence-corrected chi connectivity index (χ4v) is 2.81. The number of hydrogen-bond acceptors (Lipinski definition) is 3. The summed E-state index contributed by atoms with van der Waals surface area (Å²) in [5, 5.41) is 8.81. The zero-order valence-electron chi connectivity index (χ0n) is 12.3. The molecule has 3 heteroatoms. The molecule has 0 unspecified atom stereocenters. The van der Waals surface area contributed by atoms with Crippen LogP contribution >= 0.6 is 0 Å². The molecule has 1 aromatic rings. The van der Waals surface area contributed by atoms with E-state index in [1.54, 1.807) is 6.08 Å². The lowest BCUT2D eigenvalue weighted by atomic mass is 9.82. The average molecular weight is 283 g/mol. The van der Waals surface area contributed by atoms with Crippen molar-refractivity contribution in [2.24, 2.45) is 0 Å². The van der Waals surface area contributed by atoms with Gasteiger partial charge in [-0.3, -0.25) is 4.79 Å². The molecule has 0 spiro atoms. The molecule has 0 amide bonds. The molecule has 1 aliphatic carbocycles. The summed E-state index contributed by atoms with van der Waals surface area (Å²) in [6.07, 6.45) is 6.82. The van der Waals surface area contributed by atoms with E-state index in [1.807, 2.05) is 24.3 Å². The molecule has 0 N–H and O–H groups in total. The van der Waals surface area contributed by atoms with Gasteiger partial charge >= 0.3 is 5.97 Å². The number of carbonyl (C=O) groups is 1. The predicted octanol–water partition coefficient (Wildman–Crippen LogP) is 4.09. The van der Waals surface area contributed by atoms with Crippen molar-refractivity contribution < 1.29 is 9.53 Å². The molecule has 0 saturated heterocycles. The molecule has 1 aliphatic rings. The second-order valence-corrected chi connectivity index (χ2v) is 5.52. The summed E-state index contributed by atoms with van der Waals surface area (Å²) in [5.74, 6) is 0.401. The Kier molecular flexibility index (Phi) is 5.57. The molecule has 3 nitrogen and oxygen atoms in total. The van der Waals surface area contributed by atoms with Crippen LogP contribution in [-0.2, 0) is 9.53 Å². The van der Waals surface area contributed by atoms with E-state index < -0.39 is 0 Å². The van der Waals surface area contributed by atoms with E-state index in [2.05, 4.69) is 12.6 Å². The highest BCUT2D eigenvalue weighted by atomic mass is 16.5. The third-order valence-corrected chi connectivity index (χ3v) is 4.04. The first-order chi connectivity index (χ1) is 10.2. The van der Waals surface area contributed by atoms with Crippen molar-refractivity contribution in [3.63, 3.8) is 0 Å². The molecule has 0 atom stereocenters. The number of rotatable bonds is 5. The van der Waals surface area contributed by atoms with E-state index in [-0.39, 0.29) is 12.1 Å². The van der Waals surface area contributed by atoms with Gasteiger partial charge in [0.25, 0.3) is 0 Å². The van der Waals surface area contributed by atoms with Gasteiger partial charge in [-0.2, -0.15) is 5.26 Å². The van der Waals surface area contributed by atoms with Crippen molar-refractivity contribution in [2.75, 3.05) is 0 Å². The third kappa shape index (κ3) is 4.46. The lowest BCUT2D eigenvalue weighted by Crippen LogP contribution is -2.23. The average Bonchev–Trinajstić information content (AvgIpc) is 2.54. The largest absolute Gasteiger partial charge is 0.462 e. The molecule has 110 valence electrons. The van der Waals surface area contributed by atoms with E-state index >= 15 is 0 Å². The number of nitrogens with zero attached hydrogens (tertiary/aromatic N) is 1. The summed E-state index contributed by atoms with van der Waals surface area (Å²) in [4.78, 5) is 11.6. The van der Waals surface area contributed by atoms with E-state index in [0.29, 0.717) is 24.3 Å². The maximum Gasteiger partial charge on any atom is 0.306 e. The van der Waals surface area contributed by atoms with Crippen molar-refractivity contribution in [3.8, 4) is 6.07 Å². The molecule has 0 bridgehead atoms. The normalized spacial score (nSPS) is 21.3. The molecule has 0 aliphatic heterocycles. The first-order valence-corrected chi connectivity index (χ1v) is 7.53. The third-order valence-electron chi connectivity index (χ3n) is 4.04. The highest BCUT2D eigenvalue weighted by Crippen LogP contribution is 2.34. The Bertz CT molecular complexity index is 519. The predicted molar refractivity (Wildman–Crippen MR) is 81.7 cm³/mol.